The highest BCUT2D eigenvalue weighted by molar-refractivity contribution is 7.99. The SMILES string of the molecule is Cc1occc1-c1nnc(SCC(=O)N[C@H](C)c2ccc3c(c2)OCCO3)n1-c1ccccc1. The van der Waals surface area contributed by atoms with Gasteiger partial charge in [0.1, 0.15) is 19.0 Å². The van der Waals surface area contributed by atoms with Gasteiger partial charge in [-0.25, -0.2) is 0 Å². The highest BCUT2D eigenvalue weighted by Crippen LogP contribution is 2.33. The molecule has 2 aromatic heterocycles. The van der Waals surface area contributed by atoms with E-state index in [9.17, 15) is 4.79 Å². The summed E-state index contributed by atoms with van der Waals surface area (Å²) in [6, 6.07) is 17.3. The fourth-order valence-electron chi connectivity index (χ4n) is 3.79. The van der Waals surface area contributed by atoms with Gasteiger partial charge in [-0.3, -0.25) is 9.36 Å². The molecular formula is C25H24N4O4S. The van der Waals surface area contributed by atoms with Crippen LogP contribution in [0.5, 0.6) is 11.5 Å². The predicted octanol–water partition coefficient (Wildman–Crippen LogP) is 4.58. The second kappa shape index (κ2) is 9.64. The first-order valence-electron chi connectivity index (χ1n) is 11.0. The van der Waals surface area contributed by atoms with E-state index >= 15 is 0 Å². The summed E-state index contributed by atoms with van der Waals surface area (Å²) in [5.74, 6) is 2.96. The number of rotatable bonds is 7. The summed E-state index contributed by atoms with van der Waals surface area (Å²) in [6.07, 6.45) is 1.63. The molecule has 0 radical (unpaired) electrons. The maximum atomic E-state index is 12.8. The largest absolute Gasteiger partial charge is 0.486 e. The van der Waals surface area contributed by atoms with E-state index in [1.807, 2.05) is 73.0 Å². The normalized spacial score (nSPS) is 13.5. The number of aryl methyl sites for hydroxylation is 1. The summed E-state index contributed by atoms with van der Waals surface area (Å²) in [6.45, 7) is 4.90. The number of furan rings is 1. The van der Waals surface area contributed by atoms with Crippen molar-refractivity contribution < 1.29 is 18.7 Å². The number of amides is 1. The van der Waals surface area contributed by atoms with E-state index in [-0.39, 0.29) is 17.7 Å². The van der Waals surface area contributed by atoms with Crippen LogP contribution in [0.15, 0.2) is 70.4 Å². The fourth-order valence-corrected chi connectivity index (χ4v) is 4.55. The van der Waals surface area contributed by atoms with Crippen LogP contribution in [0.2, 0.25) is 0 Å². The van der Waals surface area contributed by atoms with Crippen LogP contribution in [-0.2, 0) is 4.79 Å². The van der Waals surface area contributed by atoms with Crippen molar-refractivity contribution in [1.82, 2.24) is 20.1 Å². The molecule has 34 heavy (non-hydrogen) atoms. The van der Waals surface area contributed by atoms with Crippen molar-refractivity contribution in [1.29, 1.82) is 0 Å². The summed E-state index contributed by atoms with van der Waals surface area (Å²) < 4.78 is 18.6. The smallest absolute Gasteiger partial charge is 0.230 e. The van der Waals surface area contributed by atoms with Crippen LogP contribution in [0, 0.1) is 6.92 Å². The first-order chi connectivity index (χ1) is 16.6. The van der Waals surface area contributed by atoms with Gasteiger partial charge in [0.2, 0.25) is 5.91 Å². The highest BCUT2D eigenvalue weighted by atomic mass is 32.2. The van der Waals surface area contributed by atoms with Crippen LogP contribution >= 0.6 is 11.8 Å². The Kier molecular flexibility index (Phi) is 6.27. The molecule has 3 heterocycles. The zero-order valence-corrected chi connectivity index (χ0v) is 19.7. The molecule has 4 aromatic rings. The molecule has 1 aliphatic heterocycles. The predicted molar refractivity (Wildman–Crippen MR) is 129 cm³/mol. The molecule has 1 amide bonds. The third-order valence-electron chi connectivity index (χ3n) is 5.52. The number of nitrogens with one attached hydrogen (secondary N) is 1. The minimum atomic E-state index is -0.180. The standard InChI is InChI=1S/C25H24N4O4S/c1-16(18-8-9-21-22(14-18)33-13-12-32-21)26-23(30)15-34-25-28-27-24(20-10-11-31-17(20)2)29(25)19-6-4-3-5-7-19/h3-11,14,16H,12-13,15H2,1-2H3,(H,26,30)/t16-/m1/s1. The van der Waals surface area contributed by atoms with Gasteiger partial charge in [-0.05, 0) is 49.7 Å². The van der Waals surface area contributed by atoms with Crippen LogP contribution in [-0.4, -0.2) is 39.6 Å². The van der Waals surface area contributed by atoms with Gasteiger partial charge in [0.25, 0.3) is 0 Å². The molecule has 0 saturated carbocycles. The Morgan fingerprint density at radius 1 is 1.09 bits per heavy atom. The van der Waals surface area contributed by atoms with Crippen molar-refractivity contribution >= 4 is 17.7 Å². The van der Waals surface area contributed by atoms with Crippen LogP contribution < -0.4 is 14.8 Å². The number of aromatic nitrogens is 3. The quantitative estimate of drug-likeness (QED) is 0.391. The molecule has 174 valence electrons. The number of hydrogen-bond acceptors (Lipinski definition) is 7. The van der Waals surface area contributed by atoms with E-state index in [1.54, 1.807) is 6.26 Å². The average Bonchev–Trinajstić information content (AvgIpc) is 3.48. The first kappa shape index (κ1) is 22.1. The van der Waals surface area contributed by atoms with Crippen molar-refractivity contribution in [3.8, 4) is 28.6 Å². The second-order valence-corrected chi connectivity index (χ2v) is 8.79. The number of para-hydroxylation sites is 1. The van der Waals surface area contributed by atoms with Crippen LogP contribution in [0.1, 0.15) is 24.3 Å². The fraction of sp³-hybridized carbons (Fsp3) is 0.240. The van der Waals surface area contributed by atoms with E-state index in [4.69, 9.17) is 13.9 Å². The molecule has 0 fully saturated rings. The number of carbonyl (C=O) groups excluding carboxylic acids is 1. The molecule has 0 spiro atoms. The van der Waals surface area contributed by atoms with Crippen molar-refractivity contribution in [3.05, 3.63) is 72.2 Å². The number of hydrogen-bond donors (Lipinski definition) is 1. The van der Waals surface area contributed by atoms with Gasteiger partial charge in [-0.2, -0.15) is 0 Å². The third kappa shape index (κ3) is 4.51. The number of thioether (sulfide) groups is 1. The van der Waals surface area contributed by atoms with E-state index in [0.717, 1.165) is 28.3 Å². The molecule has 0 aliphatic carbocycles. The number of benzene rings is 2. The molecular weight excluding hydrogens is 452 g/mol. The van der Waals surface area contributed by atoms with Gasteiger partial charge >= 0.3 is 0 Å². The molecule has 2 aromatic carbocycles. The maximum absolute atomic E-state index is 12.8. The van der Waals surface area contributed by atoms with Gasteiger partial charge in [0, 0.05) is 5.69 Å². The van der Waals surface area contributed by atoms with E-state index in [0.29, 0.717) is 29.9 Å². The Morgan fingerprint density at radius 2 is 1.88 bits per heavy atom. The van der Waals surface area contributed by atoms with E-state index in [1.165, 1.54) is 11.8 Å². The van der Waals surface area contributed by atoms with Gasteiger partial charge in [-0.15, -0.1) is 10.2 Å². The lowest BCUT2D eigenvalue weighted by molar-refractivity contribution is -0.119. The number of nitrogens with zero attached hydrogens (tertiary/aromatic N) is 3. The average molecular weight is 477 g/mol. The van der Waals surface area contributed by atoms with Crippen molar-refractivity contribution in [2.24, 2.45) is 0 Å². The molecule has 9 heteroatoms. The Hall–Kier alpha value is -3.72. The molecule has 0 bridgehead atoms. The molecule has 1 N–H and O–H groups in total. The molecule has 8 nitrogen and oxygen atoms in total. The molecule has 0 saturated heterocycles. The molecule has 0 unspecified atom stereocenters. The van der Waals surface area contributed by atoms with Crippen molar-refractivity contribution in [3.63, 3.8) is 0 Å². The van der Waals surface area contributed by atoms with E-state index in [2.05, 4.69) is 15.5 Å². The number of carbonyl (C=O) groups is 1. The van der Waals surface area contributed by atoms with Gasteiger partial charge in [0.05, 0.1) is 23.6 Å². The Bertz CT molecular complexity index is 1300. The molecule has 1 aliphatic rings. The summed E-state index contributed by atoms with van der Waals surface area (Å²) in [5, 5.41) is 12.4. The Balaban J connectivity index is 1.31. The Labute approximate surface area is 201 Å². The van der Waals surface area contributed by atoms with Crippen molar-refractivity contribution in [2.75, 3.05) is 19.0 Å². The molecule has 1 atom stereocenters. The Morgan fingerprint density at radius 3 is 2.65 bits per heavy atom. The highest BCUT2D eigenvalue weighted by Gasteiger charge is 2.21. The summed E-state index contributed by atoms with van der Waals surface area (Å²) in [5.41, 5.74) is 2.73. The lowest BCUT2D eigenvalue weighted by Crippen LogP contribution is -2.28. The monoisotopic (exact) mass is 476 g/mol. The topological polar surface area (TPSA) is 91.4 Å². The second-order valence-electron chi connectivity index (χ2n) is 7.85. The van der Waals surface area contributed by atoms with Gasteiger partial charge < -0.3 is 19.2 Å². The minimum Gasteiger partial charge on any atom is -0.486 e. The summed E-state index contributed by atoms with van der Waals surface area (Å²) in [4.78, 5) is 12.8. The molecule has 5 rings (SSSR count). The third-order valence-corrected chi connectivity index (χ3v) is 6.45. The van der Waals surface area contributed by atoms with Gasteiger partial charge in [-0.1, -0.05) is 36.0 Å². The number of fused-ring (bicyclic) bond motifs is 1. The first-order valence-corrected chi connectivity index (χ1v) is 12.0. The van der Waals surface area contributed by atoms with Gasteiger partial charge in [0.15, 0.2) is 22.5 Å². The lowest BCUT2D eigenvalue weighted by atomic mass is 10.1. The number of ether oxygens (including phenoxy) is 2. The summed E-state index contributed by atoms with van der Waals surface area (Å²) in [7, 11) is 0. The summed E-state index contributed by atoms with van der Waals surface area (Å²) >= 11 is 1.34. The zero-order valence-electron chi connectivity index (χ0n) is 18.9. The van der Waals surface area contributed by atoms with Crippen LogP contribution in [0.3, 0.4) is 0 Å². The maximum Gasteiger partial charge on any atom is 0.230 e. The van der Waals surface area contributed by atoms with E-state index < -0.39 is 0 Å². The zero-order chi connectivity index (χ0) is 23.5. The van der Waals surface area contributed by atoms with Crippen molar-refractivity contribution in [2.45, 2.75) is 25.0 Å². The lowest BCUT2D eigenvalue weighted by Gasteiger charge is -2.21. The minimum absolute atomic E-state index is 0.101. The van der Waals surface area contributed by atoms with Crippen LogP contribution in [0.25, 0.3) is 17.1 Å². The van der Waals surface area contributed by atoms with Crippen LogP contribution in [0.4, 0.5) is 0 Å².